The first-order valence-corrected chi connectivity index (χ1v) is 8.01. The monoisotopic (exact) mass is 342 g/mol. The molecule has 0 spiro atoms. The molecule has 25 heavy (non-hydrogen) atoms. The number of nitro benzene ring substituents is 1. The molecule has 0 bridgehead atoms. The molecule has 0 atom stereocenters. The fourth-order valence-electron chi connectivity index (χ4n) is 2.50. The number of rotatable bonds is 5. The number of esters is 1. The van der Waals surface area contributed by atoms with Crippen LogP contribution in [0.2, 0.25) is 0 Å². The molecular weight excluding hydrogens is 320 g/mol. The SMILES string of the molecule is CC(C)(C)OC(=O)CCc1cccc(-c2cccc([N+](=O)[O-])c2N)c1. The van der Waals surface area contributed by atoms with Crippen LogP contribution in [0.5, 0.6) is 0 Å². The number of nitrogens with two attached hydrogens (primary N) is 1. The highest BCUT2D eigenvalue weighted by Crippen LogP contribution is 2.33. The van der Waals surface area contributed by atoms with E-state index in [9.17, 15) is 14.9 Å². The van der Waals surface area contributed by atoms with Gasteiger partial charge in [-0.15, -0.1) is 0 Å². The number of benzene rings is 2. The summed E-state index contributed by atoms with van der Waals surface area (Å²) in [5.74, 6) is -0.257. The molecule has 2 aromatic rings. The summed E-state index contributed by atoms with van der Waals surface area (Å²) in [6, 6.07) is 12.2. The molecule has 6 nitrogen and oxygen atoms in total. The van der Waals surface area contributed by atoms with E-state index in [-0.39, 0.29) is 23.8 Å². The highest BCUT2D eigenvalue weighted by molar-refractivity contribution is 5.82. The molecule has 0 aliphatic rings. The maximum atomic E-state index is 11.8. The first-order valence-electron chi connectivity index (χ1n) is 8.01. The summed E-state index contributed by atoms with van der Waals surface area (Å²) >= 11 is 0. The zero-order chi connectivity index (χ0) is 18.6. The Morgan fingerprint density at radius 1 is 1.20 bits per heavy atom. The van der Waals surface area contributed by atoms with Crippen molar-refractivity contribution in [1.82, 2.24) is 0 Å². The number of hydrogen-bond acceptors (Lipinski definition) is 5. The van der Waals surface area contributed by atoms with Gasteiger partial charge in [0, 0.05) is 18.1 Å². The summed E-state index contributed by atoms with van der Waals surface area (Å²) in [7, 11) is 0. The van der Waals surface area contributed by atoms with Crippen molar-refractivity contribution in [2.24, 2.45) is 0 Å². The second-order valence-electron chi connectivity index (χ2n) is 6.78. The van der Waals surface area contributed by atoms with Gasteiger partial charge in [0.25, 0.3) is 5.69 Å². The van der Waals surface area contributed by atoms with E-state index in [1.165, 1.54) is 6.07 Å². The van der Waals surface area contributed by atoms with Gasteiger partial charge in [-0.05, 0) is 38.3 Å². The number of hydrogen-bond donors (Lipinski definition) is 1. The Kier molecular flexibility index (Phi) is 5.41. The molecule has 2 N–H and O–H groups in total. The molecule has 2 rings (SSSR count). The summed E-state index contributed by atoms with van der Waals surface area (Å²) < 4.78 is 5.30. The Bertz CT molecular complexity index is 794. The number of ether oxygens (including phenoxy) is 1. The molecule has 6 heteroatoms. The summed E-state index contributed by atoms with van der Waals surface area (Å²) in [6.07, 6.45) is 0.794. The molecule has 0 aromatic heterocycles. The highest BCUT2D eigenvalue weighted by atomic mass is 16.6. The van der Waals surface area contributed by atoms with E-state index in [2.05, 4.69) is 0 Å². The molecule has 0 heterocycles. The molecule has 0 amide bonds. The van der Waals surface area contributed by atoms with Gasteiger partial charge in [0.1, 0.15) is 11.3 Å². The molecule has 0 saturated carbocycles. The van der Waals surface area contributed by atoms with Crippen LogP contribution in [0.15, 0.2) is 42.5 Å². The number of carbonyl (C=O) groups excluding carboxylic acids is 1. The Balaban J connectivity index is 2.18. The minimum Gasteiger partial charge on any atom is -0.460 e. The molecule has 0 aliphatic carbocycles. The smallest absolute Gasteiger partial charge is 0.306 e. The Morgan fingerprint density at radius 2 is 1.88 bits per heavy atom. The van der Waals surface area contributed by atoms with E-state index in [0.717, 1.165) is 11.1 Å². The normalized spacial score (nSPS) is 11.2. The second-order valence-corrected chi connectivity index (χ2v) is 6.78. The molecule has 0 fully saturated rings. The Labute approximate surface area is 146 Å². The van der Waals surface area contributed by atoms with Gasteiger partial charge < -0.3 is 10.5 Å². The molecule has 132 valence electrons. The van der Waals surface area contributed by atoms with Gasteiger partial charge in [-0.3, -0.25) is 14.9 Å². The largest absolute Gasteiger partial charge is 0.460 e. The van der Waals surface area contributed by atoms with Crippen molar-refractivity contribution in [3.8, 4) is 11.1 Å². The lowest BCUT2D eigenvalue weighted by atomic mass is 9.99. The van der Waals surface area contributed by atoms with Crippen molar-refractivity contribution in [2.75, 3.05) is 5.73 Å². The minimum absolute atomic E-state index is 0.114. The van der Waals surface area contributed by atoms with Gasteiger partial charge in [0.05, 0.1) is 4.92 Å². The lowest BCUT2D eigenvalue weighted by molar-refractivity contribution is -0.383. The van der Waals surface area contributed by atoms with E-state index in [4.69, 9.17) is 10.5 Å². The number of nitrogen functional groups attached to an aromatic ring is 1. The molecule has 0 radical (unpaired) electrons. The third kappa shape index (κ3) is 5.04. The predicted octanol–water partition coefficient (Wildman–Crippen LogP) is 4.12. The third-order valence-corrected chi connectivity index (χ3v) is 3.56. The van der Waals surface area contributed by atoms with E-state index in [1.54, 1.807) is 12.1 Å². The molecular formula is C19H22N2O4. The zero-order valence-corrected chi connectivity index (χ0v) is 14.6. The van der Waals surface area contributed by atoms with Crippen LogP contribution in [0, 0.1) is 10.1 Å². The summed E-state index contributed by atoms with van der Waals surface area (Å²) in [5, 5.41) is 11.0. The standard InChI is InChI=1S/C19H22N2O4/c1-19(2,3)25-17(22)11-10-13-6-4-7-14(12-13)15-8-5-9-16(18(15)20)21(23)24/h4-9,12H,10-11,20H2,1-3H3. The first kappa shape index (κ1) is 18.4. The van der Waals surface area contributed by atoms with Crippen molar-refractivity contribution in [1.29, 1.82) is 0 Å². The maximum Gasteiger partial charge on any atom is 0.306 e. The van der Waals surface area contributed by atoms with Crippen LogP contribution in [0.1, 0.15) is 32.8 Å². The first-order chi connectivity index (χ1) is 11.7. The summed E-state index contributed by atoms with van der Waals surface area (Å²) in [5.41, 5.74) is 7.78. The van der Waals surface area contributed by atoms with E-state index < -0.39 is 10.5 Å². The van der Waals surface area contributed by atoms with Gasteiger partial charge in [0.15, 0.2) is 0 Å². The van der Waals surface area contributed by atoms with Crippen LogP contribution in [0.3, 0.4) is 0 Å². The van der Waals surface area contributed by atoms with E-state index >= 15 is 0 Å². The van der Waals surface area contributed by atoms with Gasteiger partial charge in [-0.2, -0.15) is 0 Å². The number of nitrogens with zero attached hydrogens (tertiary/aromatic N) is 1. The fraction of sp³-hybridized carbons (Fsp3) is 0.316. The van der Waals surface area contributed by atoms with Crippen LogP contribution < -0.4 is 5.73 Å². The molecule has 0 saturated heterocycles. The third-order valence-electron chi connectivity index (χ3n) is 3.56. The van der Waals surface area contributed by atoms with Gasteiger partial charge in [-0.25, -0.2) is 0 Å². The number of nitro groups is 1. The van der Waals surface area contributed by atoms with Crippen molar-refractivity contribution in [3.63, 3.8) is 0 Å². The lowest BCUT2D eigenvalue weighted by Gasteiger charge is -2.19. The average molecular weight is 342 g/mol. The van der Waals surface area contributed by atoms with E-state index in [0.29, 0.717) is 12.0 Å². The van der Waals surface area contributed by atoms with E-state index in [1.807, 2.05) is 45.0 Å². The van der Waals surface area contributed by atoms with Crippen LogP contribution in [0.25, 0.3) is 11.1 Å². The Morgan fingerprint density at radius 3 is 2.52 bits per heavy atom. The summed E-state index contributed by atoms with van der Waals surface area (Å²) in [4.78, 5) is 22.4. The fourth-order valence-corrected chi connectivity index (χ4v) is 2.50. The quantitative estimate of drug-likeness (QED) is 0.382. The lowest BCUT2D eigenvalue weighted by Crippen LogP contribution is -2.24. The second kappa shape index (κ2) is 7.34. The number of carbonyl (C=O) groups is 1. The van der Waals surface area contributed by atoms with Crippen LogP contribution in [0.4, 0.5) is 11.4 Å². The van der Waals surface area contributed by atoms with Crippen molar-refractivity contribution < 1.29 is 14.5 Å². The Hall–Kier alpha value is -2.89. The highest BCUT2D eigenvalue weighted by Gasteiger charge is 2.17. The predicted molar refractivity (Wildman–Crippen MR) is 97.1 cm³/mol. The van der Waals surface area contributed by atoms with Crippen molar-refractivity contribution in [2.45, 2.75) is 39.2 Å². The molecule has 0 unspecified atom stereocenters. The van der Waals surface area contributed by atoms with Gasteiger partial charge in [-0.1, -0.05) is 36.4 Å². The molecule has 0 aliphatic heterocycles. The average Bonchev–Trinajstić information content (AvgIpc) is 2.51. The van der Waals surface area contributed by atoms with Crippen molar-refractivity contribution >= 4 is 17.3 Å². The van der Waals surface area contributed by atoms with Crippen LogP contribution in [-0.4, -0.2) is 16.5 Å². The number of para-hydroxylation sites is 1. The minimum atomic E-state index is -0.504. The van der Waals surface area contributed by atoms with Gasteiger partial charge >= 0.3 is 5.97 Å². The number of aryl methyl sites for hydroxylation is 1. The van der Waals surface area contributed by atoms with Crippen LogP contribution in [-0.2, 0) is 16.0 Å². The maximum absolute atomic E-state index is 11.8. The molecule has 2 aromatic carbocycles. The van der Waals surface area contributed by atoms with Gasteiger partial charge in [0.2, 0.25) is 0 Å². The van der Waals surface area contributed by atoms with Crippen molar-refractivity contribution in [3.05, 3.63) is 58.1 Å². The summed E-state index contributed by atoms with van der Waals surface area (Å²) in [6.45, 7) is 5.49. The topological polar surface area (TPSA) is 95.5 Å². The number of anilines is 1. The van der Waals surface area contributed by atoms with Crippen LogP contribution >= 0.6 is 0 Å². The zero-order valence-electron chi connectivity index (χ0n) is 14.6.